The number of methoxy groups -OCH3 is 1. The van der Waals surface area contributed by atoms with Crippen LogP contribution in [0.4, 0.5) is 11.4 Å². The van der Waals surface area contributed by atoms with Gasteiger partial charge < -0.3 is 15.0 Å². The fourth-order valence-corrected chi connectivity index (χ4v) is 3.48. The van der Waals surface area contributed by atoms with Gasteiger partial charge in [0.05, 0.1) is 29.4 Å². The van der Waals surface area contributed by atoms with Crippen molar-refractivity contribution in [3.05, 3.63) is 52.0 Å². The number of ether oxygens (including phenoxy) is 1. The van der Waals surface area contributed by atoms with Crippen molar-refractivity contribution < 1.29 is 14.3 Å². The molecule has 0 saturated carbocycles. The van der Waals surface area contributed by atoms with Crippen LogP contribution in [0.5, 0.6) is 5.75 Å². The molecular formula is C19H18Cl2N2O3. The van der Waals surface area contributed by atoms with E-state index in [1.807, 2.05) is 19.1 Å². The highest BCUT2D eigenvalue weighted by molar-refractivity contribution is 6.36. The minimum Gasteiger partial charge on any atom is -0.495 e. The molecule has 7 heteroatoms. The second-order valence-electron chi connectivity index (χ2n) is 6.19. The number of nitrogens with one attached hydrogen (secondary N) is 1. The van der Waals surface area contributed by atoms with E-state index in [9.17, 15) is 9.59 Å². The number of carbonyl (C=O) groups excluding carboxylic acids is 2. The maximum absolute atomic E-state index is 12.7. The van der Waals surface area contributed by atoms with Crippen LogP contribution < -0.4 is 15.0 Å². The van der Waals surface area contributed by atoms with Gasteiger partial charge in [-0.2, -0.15) is 0 Å². The Bertz CT molecular complexity index is 870. The summed E-state index contributed by atoms with van der Waals surface area (Å²) in [5, 5.41) is 3.74. The second-order valence-corrected chi connectivity index (χ2v) is 7.04. The highest BCUT2D eigenvalue weighted by Gasteiger charge is 2.36. The number of halogens is 2. The maximum atomic E-state index is 12.7. The number of hydrogen-bond donors (Lipinski definition) is 1. The lowest BCUT2D eigenvalue weighted by molar-refractivity contribution is -0.122. The molecule has 1 heterocycles. The quantitative estimate of drug-likeness (QED) is 0.843. The van der Waals surface area contributed by atoms with Crippen molar-refractivity contribution in [3.63, 3.8) is 0 Å². The fraction of sp³-hybridized carbons (Fsp3) is 0.263. The van der Waals surface area contributed by atoms with E-state index in [-0.39, 0.29) is 24.8 Å². The summed E-state index contributed by atoms with van der Waals surface area (Å²) in [5.74, 6) is -0.272. The first-order chi connectivity index (χ1) is 12.4. The number of hydrogen-bond acceptors (Lipinski definition) is 3. The Hall–Kier alpha value is -2.24. The van der Waals surface area contributed by atoms with E-state index in [4.69, 9.17) is 27.9 Å². The molecule has 1 atom stereocenters. The number of amides is 2. The second kappa shape index (κ2) is 7.56. The lowest BCUT2D eigenvalue weighted by Crippen LogP contribution is -2.28. The zero-order valence-corrected chi connectivity index (χ0v) is 15.9. The Morgan fingerprint density at radius 3 is 2.69 bits per heavy atom. The molecule has 1 aliphatic rings. The van der Waals surface area contributed by atoms with Gasteiger partial charge in [0.25, 0.3) is 0 Å². The summed E-state index contributed by atoms with van der Waals surface area (Å²) in [6.07, 6.45) is 0.124. The largest absolute Gasteiger partial charge is 0.495 e. The smallest absolute Gasteiger partial charge is 0.229 e. The highest BCUT2D eigenvalue weighted by atomic mass is 35.5. The number of anilines is 2. The lowest BCUT2D eigenvalue weighted by Gasteiger charge is -2.18. The van der Waals surface area contributed by atoms with Crippen molar-refractivity contribution in [2.75, 3.05) is 23.9 Å². The van der Waals surface area contributed by atoms with Gasteiger partial charge in [0.1, 0.15) is 5.75 Å². The number of nitrogens with zero attached hydrogens (tertiary/aromatic N) is 1. The monoisotopic (exact) mass is 392 g/mol. The van der Waals surface area contributed by atoms with Crippen molar-refractivity contribution in [3.8, 4) is 5.75 Å². The van der Waals surface area contributed by atoms with Crippen LogP contribution in [0.25, 0.3) is 0 Å². The van der Waals surface area contributed by atoms with Gasteiger partial charge in [-0.1, -0.05) is 29.3 Å². The van der Waals surface area contributed by atoms with Crippen molar-refractivity contribution in [2.24, 2.45) is 5.92 Å². The average Bonchev–Trinajstić information content (AvgIpc) is 2.97. The summed E-state index contributed by atoms with van der Waals surface area (Å²) < 4.78 is 5.28. The van der Waals surface area contributed by atoms with Gasteiger partial charge in [-0.05, 0) is 42.8 Å². The number of aryl methyl sites for hydroxylation is 1. The summed E-state index contributed by atoms with van der Waals surface area (Å²) in [4.78, 5) is 26.6. The zero-order valence-electron chi connectivity index (χ0n) is 14.4. The molecule has 1 fully saturated rings. The van der Waals surface area contributed by atoms with Gasteiger partial charge in [0.2, 0.25) is 11.8 Å². The summed E-state index contributed by atoms with van der Waals surface area (Å²) in [5.41, 5.74) is 2.15. The molecule has 0 radical (unpaired) electrons. The van der Waals surface area contributed by atoms with E-state index in [0.717, 1.165) is 5.56 Å². The van der Waals surface area contributed by atoms with E-state index in [1.165, 1.54) is 4.90 Å². The normalized spacial score (nSPS) is 16.7. The molecule has 0 spiro atoms. The molecule has 5 nitrogen and oxygen atoms in total. The van der Waals surface area contributed by atoms with Crippen LogP contribution in [0.15, 0.2) is 36.4 Å². The van der Waals surface area contributed by atoms with Crippen molar-refractivity contribution >= 4 is 46.4 Å². The molecule has 1 aliphatic heterocycles. The van der Waals surface area contributed by atoms with E-state index in [1.54, 1.807) is 31.4 Å². The first-order valence-electron chi connectivity index (χ1n) is 8.10. The van der Waals surface area contributed by atoms with Crippen LogP contribution in [0.3, 0.4) is 0 Å². The topological polar surface area (TPSA) is 58.6 Å². The predicted octanol–water partition coefficient (Wildman–Crippen LogP) is 4.30. The Morgan fingerprint density at radius 2 is 2.00 bits per heavy atom. The molecule has 0 aromatic heterocycles. The molecule has 2 amide bonds. The van der Waals surface area contributed by atoms with E-state index < -0.39 is 5.92 Å². The SMILES string of the molecule is COc1ccc(C)cc1NC(=O)C1CC(=O)N(c2ccc(Cl)cc2Cl)C1. The standard InChI is InChI=1S/C19H18Cl2N2O3/c1-11-3-6-17(26-2)15(7-11)22-19(25)12-8-18(24)23(10-12)16-5-4-13(20)9-14(16)21/h3-7,9,12H,8,10H2,1-2H3,(H,22,25). The lowest BCUT2D eigenvalue weighted by atomic mass is 10.1. The van der Waals surface area contributed by atoms with E-state index in [0.29, 0.717) is 27.2 Å². The molecule has 136 valence electrons. The molecule has 2 aromatic carbocycles. The molecule has 26 heavy (non-hydrogen) atoms. The highest BCUT2D eigenvalue weighted by Crippen LogP contribution is 2.34. The molecule has 1 N–H and O–H groups in total. The third-order valence-electron chi connectivity index (χ3n) is 4.31. The third kappa shape index (κ3) is 3.79. The van der Waals surface area contributed by atoms with E-state index >= 15 is 0 Å². The van der Waals surface area contributed by atoms with Crippen molar-refractivity contribution in [2.45, 2.75) is 13.3 Å². The number of benzene rings is 2. The fourth-order valence-electron chi connectivity index (χ4n) is 2.97. The van der Waals surface area contributed by atoms with Crippen LogP contribution >= 0.6 is 23.2 Å². The maximum Gasteiger partial charge on any atom is 0.229 e. The van der Waals surface area contributed by atoms with E-state index in [2.05, 4.69) is 5.32 Å². The third-order valence-corrected chi connectivity index (χ3v) is 4.85. The summed E-state index contributed by atoms with van der Waals surface area (Å²) in [7, 11) is 1.55. The number of carbonyl (C=O) groups is 2. The van der Waals surface area contributed by atoms with Gasteiger partial charge >= 0.3 is 0 Å². The van der Waals surface area contributed by atoms with Gasteiger partial charge in [-0.25, -0.2) is 0 Å². The molecule has 3 rings (SSSR count). The molecule has 1 saturated heterocycles. The predicted molar refractivity (Wildman–Crippen MR) is 103 cm³/mol. The first-order valence-corrected chi connectivity index (χ1v) is 8.85. The molecule has 1 unspecified atom stereocenters. The average molecular weight is 393 g/mol. The summed E-state index contributed by atoms with van der Waals surface area (Å²) in [6.45, 7) is 2.19. The number of rotatable bonds is 4. The summed E-state index contributed by atoms with van der Waals surface area (Å²) in [6, 6.07) is 10.5. The van der Waals surface area contributed by atoms with Gasteiger partial charge in [-0.3, -0.25) is 9.59 Å². The van der Waals surface area contributed by atoms with Crippen LogP contribution in [-0.2, 0) is 9.59 Å². The molecule has 0 aliphatic carbocycles. The Kier molecular flexibility index (Phi) is 5.39. The minimum atomic E-state index is -0.473. The van der Waals surface area contributed by atoms with Gasteiger partial charge in [0.15, 0.2) is 0 Å². The van der Waals surface area contributed by atoms with Crippen LogP contribution in [0, 0.1) is 12.8 Å². The Morgan fingerprint density at radius 1 is 1.23 bits per heavy atom. The molecule has 2 aromatic rings. The minimum absolute atomic E-state index is 0.124. The molecular weight excluding hydrogens is 375 g/mol. The van der Waals surface area contributed by atoms with Crippen molar-refractivity contribution in [1.82, 2.24) is 0 Å². The summed E-state index contributed by atoms with van der Waals surface area (Å²) >= 11 is 12.1. The zero-order chi connectivity index (χ0) is 18.8. The van der Waals surface area contributed by atoms with Crippen LogP contribution in [0.2, 0.25) is 10.0 Å². The Balaban J connectivity index is 1.76. The molecule has 0 bridgehead atoms. The van der Waals surface area contributed by atoms with Gasteiger partial charge in [-0.15, -0.1) is 0 Å². The van der Waals surface area contributed by atoms with Crippen LogP contribution in [0.1, 0.15) is 12.0 Å². The Labute approximate surface area is 161 Å². The van der Waals surface area contributed by atoms with Crippen LogP contribution in [-0.4, -0.2) is 25.5 Å². The van der Waals surface area contributed by atoms with Crippen molar-refractivity contribution in [1.29, 1.82) is 0 Å². The first kappa shape index (κ1) is 18.5. The van der Waals surface area contributed by atoms with Gasteiger partial charge in [0, 0.05) is 18.0 Å².